The largest absolute Gasteiger partial charge is 0.349 e. The predicted octanol–water partition coefficient (Wildman–Crippen LogP) is 5.51. The third-order valence-electron chi connectivity index (χ3n) is 8.60. The average Bonchev–Trinajstić information content (AvgIpc) is 3.48. The van der Waals surface area contributed by atoms with Gasteiger partial charge in [-0.1, -0.05) is 38.1 Å². The van der Waals surface area contributed by atoms with Gasteiger partial charge in [-0.2, -0.15) is 10.1 Å². The second-order valence-corrected chi connectivity index (χ2v) is 11.2. The molecule has 0 spiro atoms. The highest BCUT2D eigenvalue weighted by Gasteiger charge is 2.38. The molecule has 5 aromatic rings. The molecule has 4 heterocycles. The van der Waals surface area contributed by atoms with Crippen molar-refractivity contribution in [2.75, 3.05) is 18.0 Å². The lowest BCUT2D eigenvalue weighted by Gasteiger charge is -2.50. The fourth-order valence-corrected chi connectivity index (χ4v) is 6.32. The van der Waals surface area contributed by atoms with Gasteiger partial charge in [0.1, 0.15) is 17.2 Å². The lowest BCUT2D eigenvalue weighted by molar-refractivity contribution is 0.110. The van der Waals surface area contributed by atoms with Crippen LogP contribution in [0.5, 0.6) is 0 Å². The second-order valence-electron chi connectivity index (χ2n) is 11.2. The van der Waals surface area contributed by atoms with Crippen molar-refractivity contribution < 1.29 is 8.78 Å². The zero-order valence-corrected chi connectivity index (χ0v) is 25.0. The molecule has 44 heavy (non-hydrogen) atoms. The highest BCUT2D eigenvalue weighted by atomic mass is 19.1. The van der Waals surface area contributed by atoms with Gasteiger partial charge in [0.05, 0.1) is 24.1 Å². The fraction of sp³-hybridized carbons (Fsp3) is 0.303. The molecule has 6 rings (SSSR count). The van der Waals surface area contributed by atoms with Crippen molar-refractivity contribution in [3.8, 4) is 11.1 Å². The first-order valence-electron chi connectivity index (χ1n) is 14.8. The van der Waals surface area contributed by atoms with Gasteiger partial charge in [-0.15, -0.1) is 0 Å². The number of rotatable bonds is 8. The zero-order chi connectivity index (χ0) is 31.0. The molecule has 1 saturated heterocycles. The van der Waals surface area contributed by atoms with Crippen molar-refractivity contribution in [1.29, 1.82) is 10.8 Å². The number of nitrogens with zero attached hydrogens (tertiary/aromatic N) is 7. The summed E-state index contributed by atoms with van der Waals surface area (Å²) in [5.74, 6) is 0.0138. The van der Waals surface area contributed by atoms with Crippen molar-refractivity contribution in [3.05, 3.63) is 102 Å². The van der Waals surface area contributed by atoms with E-state index in [1.807, 2.05) is 43.6 Å². The van der Waals surface area contributed by atoms with Crippen LogP contribution in [0.15, 0.2) is 73.2 Å². The van der Waals surface area contributed by atoms with Crippen LogP contribution in [0, 0.1) is 22.5 Å². The summed E-state index contributed by atoms with van der Waals surface area (Å²) in [6, 6.07) is 14.9. The van der Waals surface area contributed by atoms with Gasteiger partial charge >= 0.3 is 0 Å². The summed E-state index contributed by atoms with van der Waals surface area (Å²) < 4.78 is 31.1. The van der Waals surface area contributed by atoms with E-state index in [9.17, 15) is 8.78 Å². The average molecular weight is 596 g/mol. The smallest absolute Gasteiger partial charge is 0.229 e. The molecule has 2 N–H and O–H groups in total. The van der Waals surface area contributed by atoms with Crippen molar-refractivity contribution in [3.63, 3.8) is 0 Å². The van der Waals surface area contributed by atoms with Crippen LogP contribution < -0.4 is 10.5 Å². The molecule has 2 atom stereocenters. The van der Waals surface area contributed by atoms with Crippen molar-refractivity contribution in [2.45, 2.75) is 44.8 Å². The third kappa shape index (κ3) is 5.39. The minimum atomic E-state index is -0.301. The van der Waals surface area contributed by atoms with E-state index in [2.05, 4.69) is 28.7 Å². The molecule has 1 aliphatic heterocycles. The Bertz CT molecular complexity index is 1800. The van der Waals surface area contributed by atoms with Crippen LogP contribution in [0.2, 0.25) is 0 Å². The minimum Gasteiger partial charge on any atom is -0.349 e. The maximum atomic E-state index is 14.0. The van der Waals surface area contributed by atoms with Crippen molar-refractivity contribution in [1.82, 2.24) is 29.2 Å². The van der Waals surface area contributed by atoms with Crippen LogP contribution in [-0.4, -0.2) is 60.7 Å². The van der Waals surface area contributed by atoms with Gasteiger partial charge in [-0.05, 0) is 54.3 Å². The van der Waals surface area contributed by atoms with Crippen molar-refractivity contribution >= 4 is 23.2 Å². The SMILES string of the molecule is CC[C@H]1CN(C(c2ccc(F)cc2)c2ccc(F)cc2)[C@H](CC)CN1c1nc(=N)n(C=N)c2cc(-c3cnn(C)c3)cnc12. The first kappa shape index (κ1) is 29.3. The maximum absolute atomic E-state index is 14.0. The van der Waals surface area contributed by atoms with E-state index in [0.717, 1.165) is 41.4 Å². The van der Waals surface area contributed by atoms with E-state index >= 15 is 0 Å². The zero-order valence-electron chi connectivity index (χ0n) is 25.0. The summed E-state index contributed by atoms with van der Waals surface area (Å²) in [4.78, 5) is 14.2. The van der Waals surface area contributed by atoms with E-state index in [-0.39, 0.29) is 35.4 Å². The van der Waals surface area contributed by atoms with E-state index in [1.54, 1.807) is 17.1 Å². The van der Waals surface area contributed by atoms with E-state index in [4.69, 9.17) is 20.8 Å². The monoisotopic (exact) mass is 595 g/mol. The van der Waals surface area contributed by atoms with Gasteiger partial charge in [0, 0.05) is 55.7 Å². The lowest BCUT2D eigenvalue weighted by Crippen LogP contribution is -2.59. The van der Waals surface area contributed by atoms with Gasteiger partial charge in [-0.3, -0.25) is 30.0 Å². The number of aryl methyl sites for hydroxylation is 1. The third-order valence-corrected chi connectivity index (χ3v) is 8.60. The molecule has 0 radical (unpaired) electrons. The molecule has 226 valence electrons. The van der Waals surface area contributed by atoms with Gasteiger partial charge in [0.25, 0.3) is 0 Å². The predicted molar refractivity (Wildman–Crippen MR) is 167 cm³/mol. The Morgan fingerprint density at radius 3 is 2.09 bits per heavy atom. The first-order chi connectivity index (χ1) is 21.3. The molecule has 0 unspecified atom stereocenters. The molecule has 3 aromatic heterocycles. The van der Waals surface area contributed by atoms with Gasteiger partial charge in [0.2, 0.25) is 5.62 Å². The Morgan fingerprint density at radius 1 is 0.909 bits per heavy atom. The summed E-state index contributed by atoms with van der Waals surface area (Å²) in [7, 11) is 1.85. The summed E-state index contributed by atoms with van der Waals surface area (Å²) >= 11 is 0. The van der Waals surface area contributed by atoms with E-state index < -0.39 is 0 Å². The number of fused-ring (bicyclic) bond motifs is 1. The van der Waals surface area contributed by atoms with Gasteiger partial charge in [0.15, 0.2) is 5.82 Å². The highest BCUT2D eigenvalue weighted by Crippen LogP contribution is 2.37. The quantitative estimate of drug-likeness (QED) is 0.182. The maximum Gasteiger partial charge on any atom is 0.229 e. The molecule has 0 aliphatic carbocycles. The van der Waals surface area contributed by atoms with E-state index in [1.165, 1.54) is 28.8 Å². The number of anilines is 1. The minimum absolute atomic E-state index is 0.0203. The number of hydrogen-bond acceptors (Lipinski definition) is 7. The van der Waals surface area contributed by atoms with Crippen LogP contribution in [0.1, 0.15) is 43.9 Å². The van der Waals surface area contributed by atoms with Crippen molar-refractivity contribution in [2.24, 2.45) is 7.05 Å². The highest BCUT2D eigenvalue weighted by molar-refractivity contribution is 5.92. The summed E-state index contributed by atoms with van der Waals surface area (Å²) in [6.07, 6.45) is 8.17. The Hall–Kier alpha value is -4.77. The normalized spacial score (nSPS) is 17.5. The molecule has 0 amide bonds. The molecule has 1 aliphatic rings. The number of piperazine rings is 1. The standard InChI is InChI=1S/C33H35F2N9/c1-4-27-19-43(32-30-29(44(20-36)33(37)40-32)14-23(15-38-30)24-16-39-41(3)17-24)28(5-2)18-42(27)31(21-6-10-25(34)11-7-21)22-8-12-26(35)13-9-22/h6-17,20,27-28,31,36-37H,4-5,18-19H2,1-3H3/t27-,28+/m1/s1. The Kier molecular flexibility index (Phi) is 8.05. The van der Waals surface area contributed by atoms with E-state index in [0.29, 0.717) is 29.9 Å². The van der Waals surface area contributed by atoms with Crippen LogP contribution >= 0.6 is 0 Å². The Balaban J connectivity index is 1.44. The number of aromatic nitrogens is 5. The number of pyridine rings is 1. The molecule has 2 aromatic carbocycles. The molecule has 9 nitrogen and oxygen atoms in total. The molecule has 11 heteroatoms. The van der Waals surface area contributed by atoms with Crippen LogP contribution in [-0.2, 0) is 7.05 Å². The molecular weight excluding hydrogens is 560 g/mol. The topological polar surface area (TPSA) is 103 Å². The van der Waals surface area contributed by atoms with Gasteiger partial charge < -0.3 is 4.90 Å². The number of benzene rings is 2. The number of nitrogens with one attached hydrogen (secondary N) is 2. The Labute approximate surface area is 254 Å². The molecular formula is C33H35F2N9. The Morgan fingerprint density at radius 2 is 1.55 bits per heavy atom. The first-order valence-corrected chi connectivity index (χ1v) is 14.8. The summed E-state index contributed by atoms with van der Waals surface area (Å²) in [5, 5.41) is 21.0. The molecule has 0 bridgehead atoms. The number of halogens is 2. The summed E-state index contributed by atoms with van der Waals surface area (Å²) in [6.45, 7) is 5.56. The molecule has 1 fully saturated rings. The number of hydrogen-bond donors (Lipinski definition) is 2. The lowest BCUT2D eigenvalue weighted by atomic mass is 9.91. The molecule has 0 saturated carbocycles. The second kappa shape index (κ2) is 12.1. The van der Waals surface area contributed by atoms with Crippen LogP contribution in [0.3, 0.4) is 0 Å². The van der Waals surface area contributed by atoms with Crippen LogP contribution in [0.25, 0.3) is 22.2 Å². The summed E-state index contributed by atoms with van der Waals surface area (Å²) in [5.41, 5.74) is 4.80. The van der Waals surface area contributed by atoms with Gasteiger partial charge in [-0.25, -0.2) is 8.78 Å². The fourth-order valence-electron chi connectivity index (χ4n) is 6.32. The van der Waals surface area contributed by atoms with Crippen LogP contribution in [0.4, 0.5) is 14.6 Å².